The lowest BCUT2D eigenvalue weighted by Crippen LogP contribution is -2.38. The number of urea groups is 1. The fraction of sp³-hybridized carbons (Fsp3) is 0.421. The molecular weight excluding hydrogens is 651 g/mol. The first-order valence-corrected chi connectivity index (χ1v) is 17.7. The lowest BCUT2D eigenvalue weighted by molar-refractivity contribution is 0.171. The number of aliphatic hydroxyl groups is 1. The molecule has 4 heterocycles. The number of ether oxygens (including phenoxy) is 2. The molecule has 1 saturated heterocycles. The van der Waals surface area contributed by atoms with E-state index < -0.39 is 11.8 Å². The highest BCUT2D eigenvalue weighted by atomic mass is 19.1. The summed E-state index contributed by atoms with van der Waals surface area (Å²) >= 11 is 0. The van der Waals surface area contributed by atoms with Gasteiger partial charge in [-0.25, -0.2) is 13.9 Å². The van der Waals surface area contributed by atoms with E-state index in [1.54, 1.807) is 12.1 Å². The molecule has 3 atom stereocenters. The van der Waals surface area contributed by atoms with Crippen LogP contribution >= 0.6 is 0 Å². The first-order chi connectivity index (χ1) is 24.6. The van der Waals surface area contributed by atoms with Crippen molar-refractivity contribution in [3.05, 3.63) is 89.5 Å². The first kappa shape index (κ1) is 34.3. The zero-order chi connectivity index (χ0) is 35.7. The Bertz CT molecular complexity index is 2020. The van der Waals surface area contributed by atoms with Gasteiger partial charge in [-0.2, -0.15) is 5.10 Å². The Kier molecular flexibility index (Phi) is 9.56. The van der Waals surface area contributed by atoms with Crippen LogP contribution in [0.15, 0.2) is 66.9 Å². The number of aromatic nitrogens is 5. The number of nitrogens with one attached hydrogen (secondary N) is 2. The summed E-state index contributed by atoms with van der Waals surface area (Å²) < 4.78 is 30.3. The van der Waals surface area contributed by atoms with E-state index >= 15 is 0 Å². The largest absolute Gasteiger partial charge is 0.491 e. The van der Waals surface area contributed by atoms with Crippen molar-refractivity contribution in [1.29, 1.82) is 0 Å². The van der Waals surface area contributed by atoms with Crippen LogP contribution < -0.4 is 25.0 Å². The molecule has 2 aliphatic rings. The number of pyridine rings is 1. The third kappa shape index (κ3) is 7.34. The summed E-state index contributed by atoms with van der Waals surface area (Å²) in [6.45, 7) is 9.05. The van der Waals surface area contributed by atoms with Crippen molar-refractivity contribution in [2.24, 2.45) is 0 Å². The van der Waals surface area contributed by atoms with Gasteiger partial charge < -0.3 is 24.8 Å². The van der Waals surface area contributed by atoms with Crippen LogP contribution in [0.4, 0.5) is 21.0 Å². The molecule has 2 amide bonds. The Labute approximate surface area is 296 Å². The molecule has 3 aromatic heterocycles. The van der Waals surface area contributed by atoms with E-state index in [1.165, 1.54) is 23.2 Å². The third-order valence-electron chi connectivity index (χ3n) is 9.62. The molecule has 2 aromatic carbocycles. The molecule has 51 heavy (non-hydrogen) atoms. The molecule has 5 aromatic rings. The van der Waals surface area contributed by atoms with Crippen LogP contribution in [-0.2, 0) is 5.41 Å². The van der Waals surface area contributed by atoms with Gasteiger partial charge in [0.15, 0.2) is 5.65 Å². The van der Waals surface area contributed by atoms with E-state index in [0.29, 0.717) is 36.1 Å². The van der Waals surface area contributed by atoms with Gasteiger partial charge in [-0.3, -0.25) is 9.72 Å². The smallest absolute Gasteiger partial charge is 0.320 e. The Morgan fingerprint density at radius 3 is 2.61 bits per heavy atom. The van der Waals surface area contributed by atoms with Gasteiger partial charge in [0.25, 0.3) is 0 Å². The van der Waals surface area contributed by atoms with Crippen molar-refractivity contribution in [3.63, 3.8) is 0 Å². The maximum Gasteiger partial charge on any atom is 0.320 e. The fourth-order valence-electron chi connectivity index (χ4n) is 6.97. The summed E-state index contributed by atoms with van der Waals surface area (Å²) in [5.74, 6) is 1.66. The van der Waals surface area contributed by atoms with Crippen molar-refractivity contribution in [2.45, 2.75) is 83.4 Å². The summed E-state index contributed by atoms with van der Waals surface area (Å²) in [6.07, 6.45) is 6.60. The molecule has 7 rings (SSSR count). The summed E-state index contributed by atoms with van der Waals surface area (Å²) in [4.78, 5) is 15.9. The molecular formula is C38H45FN8O4. The van der Waals surface area contributed by atoms with Gasteiger partial charge in [0.1, 0.15) is 35.8 Å². The van der Waals surface area contributed by atoms with Crippen molar-refractivity contribution in [1.82, 2.24) is 29.7 Å². The number of aliphatic hydroxyl groups excluding tert-OH is 1. The Balaban J connectivity index is 1.09. The molecule has 12 nitrogen and oxygen atoms in total. The molecule has 0 bridgehead atoms. The quantitative estimate of drug-likeness (QED) is 0.152. The second-order valence-corrected chi connectivity index (χ2v) is 14.4. The number of carbonyl (C=O) groups is 1. The minimum atomic E-state index is -0.530. The second kappa shape index (κ2) is 14.2. The molecule has 0 radical (unpaired) electrons. The number of hydrogen-bond donors (Lipinski definition) is 3. The maximum atomic E-state index is 14.7. The summed E-state index contributed by atoms with van der Waals surface area (Å²) in [5, 5.41) is 28.9. The SMILES string of the molecule is CC1CCCCN1c1nnc2ccc(O[C@@H]3CC[C@H](NC(=O)Nc4cc(C(C)(C)C)nn4-c4cc(F)cc(OCCO)c4)c4ccccc43)cn12. The Morgan fingerprint density at radius 1 is 1.00 bits per heavy atom. The number of amides is 2. The molecule has 1 aliphatic carbocycles. The number of rotatable bonds is 9. The number of fused-ring (bicyclic) bond motifs is 2. The lowest BCUT2D eigenvalue weighted by atomic mass is 9.85. The molecule has 0 saturated carbocycles. The molecule has 1 fully saturated rings. The monoisotopic (exact) mass is 696 g/mol. The van der Waals surface area contributed by atoms with Gasteiger partial charge in [0.2, 0.25) is 5.95 Å². The highest BCUT2D eigenvalue weighted by Gasteiger charge is 2.31. The van der Waals surface area contributed by atoms with E-state index in [0.717, 1.165) is 47.9 Å². The number of carbonyl (C=O) groups excluding carboxylic acids is 1. The standard InChI is InChI=1S/C38H45FN8O4/c1-24-9-7-8-16-45(24)37-43-42-34-15-12-27(23-46(34)37)51-32-14-13-31(29-10-5-6-11-30(29)32)40-36(49)41-35-22-33(38(2,3)4)44-47(35)26-19-25(39)20-28(21-26)50-18-17-48/h5-6,10-12,15,19-24,31-32,48H,7-9,13-14,16-18H2,1-4H3,(H2,40,41,49)/t24?,31-,32+/m0/s1. The average Bonchev–Trinajstić information content (AvgIpc) is 3.73. The average molecular weight is 697 g/mol. The number of nitrogens with zero attached hydrogens (tertiary/aromatic N) is 6. The third-order valence-corrected chi connectivity index (χ3v) is 9.62. The van der Waals surface area contributed by atoms with Crippen LogP contribution in [0.2, 0.25) is 0 Å². The predicted molar refractivity (Wildman–Crippen MR) is 192 cm³/mol. The maximum absolute atomic E-state index is 14.7. The molecule has 268 valence electrons. The Morgan fingerprint density at radius 2 is 1.82 bits per heavy atom. The minimum absolute atomic E-state index is 0.0217. The van der Waals surface area contributed by atoms with Crippen LogP contribution in [0.25, 0.3) is 11.3 Å². The van der Waals surface area contributed by atoms with E-state index in [4.69, 9.17) is 14.6 Å². The number of hydrogen-bond acceptors (Lipinski definition) is 8. The molecule has 1 aliphatic heterocycles. The van der Waals surface area contributed by atoms with Crippen molar-refractivity contribution in [2.75, 3.05) is 30.0 Å². The molecule has 13 heteroatoms. The zero-order valence-electron chi connectivity index (χ0n) is 29.5. The molecule has 3 N–H and O–H groups in total. The summed E-state index contributed by atoms with van der Waals surface area (Å²) in [7, 11) is 0. The van der Waals surface area contributed by atoms with Crippen LogP contribution in [0, 0.1) is 5.82 Å². The van der Waals surface area contributed by atoms with Gasteiger partial charge in [-0.15, -0.1) is 10.2 Å². The predicted octanol–water partition coefficient (Wildman–Crippen LogP) is 6.88. The van der Waals surface area contributed by atoms with Gasteiger partial charge in [0, 0.05) is 36.2 Å². The van der Waals surface area contributed by atoms with Crippen LogP contribution in [0.1, 0.15) is 88.8 Å². The van der Waals surface area contributed by atoms with Gasteiger partial charge in [-0.05, 0) is 68.4 Å². The van der Waals surface area contributed by atoms with Crippen molar-refractivity contribution >= 4 is 23.4 Å². The molecule has 0 spiro atoms. The lowest BCUT2D eigenvalue weighted by Gasteiger charge is -2.33. The number of benzene rings is 2. The normalized spacial score (nSPS) is 19.1. The topological polar surface area (TPSA) is 131 Å². The minimum Gasteiger partial charge on any atom is -0.491 e. The van der Waals surface area contributed by atoms with Gasteiger partial charge in [-0.1, -0.05) is 45.0 Å². The zero-order valence-corrected chi connectivity index (χ0v) is 29.5. The highest BCUT2D eigenvalue weighted by Crippen LogP contribution is 2.39. The highest BCUT2D eigenvalue weighted by molar-refractivity contribution is 5.89. The van der Waals surface area contributed by atoms with Crippen LogP contribution in [0.3, 0.4) is 0 Å². The summed E-state index contributed by atoms with van der Waals surface area (Å²) in [5.41, 5.74) is 3.52. The van der Waals surface area contributed by atoms with Crippen molar-refractivity contribution < 1.29 is 23.8 Å². The molecule has 1 unspecified atom stereocenters. The first-order valence-electron chi connectivity index (χ1n) is 17.7. The number of halogens is 1. The fourth-order valence-corrected chi connectivity index (χ4v) is 6.97. The van der Waals surface area contributed by atoms with E-state index in [1.807, 2.05) is 61.7 Å². The van der Waals surface area contributed by atoms with E-state index in [2.05, 4.69) is 38.7 Å². The second-order valence-electron chi connectivity index (χ2n) is 14.4. The number of piperidine rings is 1. The summed E-state index contributed by atoms with van der Waals surface area (Å²) in [6, 6.07) is 17.6. The number of anilines is 2. The van der Waals surface area contributed by atoms with Gasteiger partial charge >= 0.3 is 6.03 Å². The van der Waals surface area contributed by atoms with E-state index in [9.17, 15) is 14.3 Å². The van der Waals surface area contributed by atoms with Crippen molar-refractivity contribution in [3.8, 4) is 17.2 Å². The van der Waals surface area contributed by atoms with Gasteiger partial charge in [0.05, 0.1) is 30.2 Å². The van der Waals surface area contributed by atoms with Crippen LogP contribution in [-0.4, -0.2) is 61.3 Å². The Hall–Kier alpha value is -5.17. The van der Waals surface area contributed by atoms with E-state index in [-0.39, 0.29) is 36.5 Å². The van der Waals surface area contributed by atoms with Crippen LogP contribution in [0.5, 0.6) is 11.5 Å².